The van der Waals surface area contributed by atoms with E-state index in [2.05, 4.69) is 0 Å². The lowest BCUT2D eigenvalue weighted by atomic mass is 9.87. The maximum atomic E-state index is 9.92. The summed E-state index contributed by atoms with van der Waals surface area (Å²) >= 11 is 0. The molecule has 9 nitrogen and oxygen atoms in total. The summed E-state index contributed by atoms with van der Waals surface area (Å²) in [7, 11) is 0. The van der Waals surface area contributed by atoms with Crippen molar-refractivity contribution in [1.29, 1.82) is 0 Å². The van der Waals surface area contributed by atoms with Crippen LogP contribution in [0.4, 0.5) is 0 Å². The molecule has 2 fully saturated rings. The summed E-state index contributed by atoms with van der Waals surface area (Å²) in [6.07, 6.45) is -4.48. The first-order chi connectivity index (χ1) is 9.85. The van der Waals surface area contributed by atoms with E-state index in [1.54, 1.807) is 0 Å². The molecule has 9 heteroatoms. The first-order valence-electron chi connectivity index (χ1n) is 7.17. The average Bonchev–Trinajstić information content (AvgIpc) is 2.45. The van der Waals surface area contributed by atoms with Crippen LogP contribution in [0.25, 0.3) is 0 Å². The van der Waals surface area contributed by atoms with Gasteiger partial charge in [-0.15, -0.1) is 0 Å². The Bertz CT molecular complexity index is 348. The molecule has 0 aromatic carbocycles. The predicted octanol–water partition coefficient (Wildman–Crippen LogP) is -4.09. The van der Waals surface area contributed by atoms with Gasteiger partial charge in [0.05, 0.1) is 18.2 Å². The molecular formula is C12H26N4O5. The minimum absolute atomic E-state index is 0.0275. The van der Waals surface area contributed by atoms with Crippen molar-refractivity contribution in [2.24, 2.45) is 22.9 Å². The summed E-state index contributed by atoms with van der Waals surface area (Å²) in [5.41, 5.74) is 23.1. The standard InChI is InChI=1S/C12H26N4O5/c13-3-8-10(18)11(19)9(16)12(21-8)20-7-2-4(14)6(17)1-5(7)15/h4-12,17-19H,1-3,13-16H2/t4-,5-,6-,7-,8+,9+,10+,11+,12-/m0/s1. The summed E-state index contributed by atoms with van der Waals surface area (Å²) in [4.78, 5) is 0. The van der Waals surface area contributed by atoms with Crippen molar-refractivity contribution in [2.45, 2.75) is 67.8 Å². The lowest BCUT2D eigenvalue weighted by Gasteiger charge is -2.44. The zero-order chi connectivity index (χ0) is 15.7. The van der Waals surface area contributed by atoms with E-state index in [0.717, 1.165) is 0 Å². The Morgan fingerprint density at radius 3 is 2.29 bits per heavy atom. The first-order valence-corrected chi connectivity index (χ1v) is 7.17. The second-order valence-electron chi connectivity index (χ2n) is 5.88. The summed E-state index contributed by atoms with van der Waals surface area (Å²) in [5.74, 6) is 0. The van der Waals surface area contributed by atoms with Gasteiger partial charge in [0.2, 0.25) is 0 Å². The lowest BCUT2D eigenvalue weighted by Crippen LogP contribution is -2.65. The van der Waals surface area contributed by atoms with Gasteiger partial charge in [0.1, 0.15) is 18.3 Å². The maximum Gasteiger partial charge on any atom is 0.176 e. The van der Waals surface area contributed by atoms with Crippen molar-refractivity contribution >= 4 is 0 Å². The van der Waals surface area contributed by atoms with Crippen LogP contribution in [0.5, 0.6) is 0 Å². The first kappa shape index (κ1) is 17.0. The van der Waals surface area contributed by atoms with E-state index in [4.69, 9.17) is 32.4 Å². The second kappa shape index (κ2) is 6.82. The van der Waals surface area contributed by atoms with Crippen LogP contribution in [-0.2, 0) is 9.47 Å². The van der Waals surface area contributed by atoms with Crippen LogP contribution >= 0.6 is 0 Å². The fourth-order valence-electron chi connectivity index (χ4n) is 2.80. The normalized spacial score (nSPS) is 51.9. The molecule has 2 rings (SSSR count). The van der Waals surface area contributed by atoms with Gasteiger partial charge in [-0.05, 0) is 12.8 Å². The molecule has 0 unspecified atom stereocenters. The van der Waals surface area contributed by atoms with E-state index in [1.807, 2.05) is 0 Å². The molecule has 1 saturated heterocycles. The van der Waals surface area contributed by atoms with E-state index in [1.165, 1.54) is 0 Å². The molecule has 0 radical (unpaired) electrons. The minimum Gasteiger partial charge on any atom is -0.391 e. The topological polar surface area (TPSA) is 183 Å². The molecule has 21 heavy (non-hydrogen) atoms. The Morgan fingerprint density at radius 1 is 1.00 bits per heavy atom. The van der Waals surface area contributed by atoms with Crippen LogP contribution in [-0.4, -0.2) is 76.8 Å². The average molecular weight is 306 g/mol. The zero-order valence-corrected chi connectivity index (χ0v) is 11.8. The monoisotopic (exact) mass is 306 g/mol. The highest BCUT2D eigenvalue weighted by molar-refractivity contribution is 4.95. The van der Waals surface area contributed by atoms with Gasteiger partial charge >= 0.3 is 0 Å². The molecule has 0 amide bonds. The molecule has 0 bridgehead atoms. The van der Waals surface area contributed by atoms with E-state index in [9.17, 15) is 15.3 Å². The Balaban J connectivity index is 2.01. The van der Waals surface area contributed by atoms with Crippen molar-refractivity contribution < 1.29 is 24.8 Å². The van der Waals surface area contributed by atoms with Crippen LogP contribution in [0, 0.1) is 0 Å². The Morgan fingerprint density at radius 2 is 1.67 bits per heavy atom. The fourth-order valence-corrected chi connectivity index (χ4v) is 2.80. The molecule has 0 spiro atoms. The van der Waals surface area contributed by atoms with E-state index >= 15 is 0 Å². The van der Waals surface area contributed by atoms with Crippen LogP contribution in [0.2, 0.25) is 0 Å². The van der Waals surface area contributed by atoms with Gasteiger partial charge in [-0.2, -0.15) is 0 Å². The maximum absolute atomic E-state index is 9.92. The highest BCUT2D eigenvalue weighted by Crippen LogP contribution is 2.26. The van der Waals surface area contributed by atoms with Crippen molar-refractivity contribution in [2.75, 3.05) is 6.54 Å². The number of rotatable bonds is 3. The van der Waals surface area contributed by atoms with Gasteiger partial charge < -0.3 is 47.7 Å². The quantitative estimate of drug-likeness (QED) is 0.272. The van der Waals surface area contributed by atoms with Crippen LogP contribution < -0.4 is 22.9 Å². The molecule has 0 aromatic rings. The highest BCUT2D eigenvalue weighted by Gasteiger charge is 2.45. The van der Waals surface area contributed by atoms with Gasteiger partial charge in [-0.3, -0.25) is 0 Å². The smallest absolute Gasteiger partial charge is 0.176 e. The number of aliphatic hydroxyl groups is 3. The summed E-state index contributed by atoms with van der Waals surface area (Å²) in [6.45, 7) is 0.0275. The second-order valence-corrected chi connectivity index (χ2v) is 5.88. The van der Waals surface area contributed by atoms with Gasteiger partial charge in [0.15, 0.2) is 6.29 Å². The number of aliphatic hydroxyl groups excluding tert-OH is 3. The molecule has 1 aliphatic carbocycles. The lowest BCUT2D eigenvalue weighted by molar-refractivity contribution is -0.275. The van der Waals surface area contributed by atoms with Gasteiger partial charge in [-0.1, -0.05) is 0 Å². The van der Waals surface area contributed by atoms with Crippen LogP contribution in [0.1, 0.15) is 12.8 Å². The largest absolute Gasteiger partial charge is 0.391 e. The van der Waals surface area contributed by atoms with Crippen LogP contribution in [0.15, 0.2) is 0 Å². The summed E-state index contributed by atoms with van der Waals surface area (Å²) in [6, 6.07) is -1.76. The molecule has 1 saturated carbocycles. The predicted molar refractivity (Wildman–Crippen MR) is 73.8 cm³/mol. The summed E-state index contributed by atoms with van der Waals surface area (Å²) in [5, 5.41) is 29.4. The Kier molecular flexibility index (Phi) is 5.52. The van der Waals surface area contributed by atoms with E-state index in [-0.39, 0.29) is 6.54 Å². The van der Waals surface area contributed by atoms with Crippen molar-refractivity contribution in [3.05, 3.63) is 0 Å². The van der Waals surface area contributed by atoms with Crippen LogP contribution in [0.3, 0.4) is 0 Å². The summed E-state index contributed by atoms with van der Waals surface area (Å²) < 4.78 is 11.2. The van der Waals surface area contributed by atoms with Crippen molar-refractivity contribution in [1.82, 2.24) is 0 Å². The number of hydrogen-bond acceptors (Lipinski definition) is 9. The molecule has 1 heterocycles. The molecule has 1 aliphatic heterocycles. The number of ether oxygens (including phenoxy) is 2. The molecule has 2 aliphatic rings. The van der Waals surface area contributed by atoms with Crippen molar-refractivity contribution in [3.63, 3.8) is 0 Å². The molecular weight excluding hydrogens is 280 g/mol. The van der Waals surface area contributed by atoms with Gasteiger partial charge in [-0.25, -0.2) is 0 Å². The molecule has 9 atom stereocenters. The minimum atomic E-state index is -1.20. The van der Waals surface area contributed by atoms with Gasteiger partial charge in [0, 0.05) is 18.6 Å². The SMILES string of the molecule is NC[C@H]1O[C@H](O[C@H]2C[C@H](N)[C@@H](O)C[C@@H]2N)[C@H](N)[C@@H](O)[C@@H]1O. The zero-order valence-electron chi connectivity index (χ0n) is 11.8. The Hall–Kier alpha value is -0.360. The van der Waals surface area contributed by atoms with Crippen molar-refractivity contribution in [3.8, 4) is 0 Å². The van der Waals surface area contributed by atoms with E-state index < -0.39 is 54.9 Å². The van der Waals surface area contributed by atoms with E-state index in [0.29, 0.717) is 12.8 Å². The fraction of sp³-hybridized carbons (Fsp3) is 1.00. The third kappa shape index (κ3) is 3.52. The van der Waals surface area contributed by atoms with Gasteiger partial charge in [0.25, 0.3) is 0 Å². The molecule has 124 valence electrons. The third-order valence-corrected chi connectivity index (χ3v) is 4.28. The molecule has 0 aromatic heterocycles. The molecule has 11 N–H and O–H groups in total. The number of hydrogen-bond donors (Lipinski definition) is 7. The number of nitrogens with two attached hydrogens (primary N) is 4. The highest BCUT2D eigenvalue weighted by atomic mass is 16.7. The third-order valence-electron chi connectivity index (χ3n) is 4.28. The Labute approximate surface area is 123 Å².